The van der Waals surface area contributed by atoms with E-state index < -0.39 is 0 Å². The molecule has 3 rings (SSSR count). The standard InChI is InChI=1S/C14H18N2/c1-2-5-12(6-3-1)7-4-8-13-14(11-16-13)9-15-10-14/h1-7,13,15-16H,8-11H2/b7-4+. The lowest BCUT2D eigenvalue weighted by atomic mass is 9.67. The van der Waals surface area contributed by atoms with Gasteiger partial charge in [-0.2, -0.15) is 0 Å². The SMILES string of the molecule is C(=C\c1ccccc1)/CC1NCC12CNC2. The van der Waals surface area contributed by atoms with E-state index in [9.17, 15) is 0 Å². The molecule has 1 aromatic carbocycles. The first kappa shape index (κ1) is 10.1. The largest absolute Gasteiger partial charge is 0.315 e. The summed E-state index contributed by atoms with van der Waals surface area (Å²) in [6.45, 7) is 3.59. The van der Waals surface area contributed by atoms with E-state index in [1.807, 2.05) is 0 Å². The molecule has 2 saturated heterocycles. The predicted octanol–water partition coefficient (Wildman–Crippen LogP) is 1.65. The van der Waals surface area contributed by atoms with E-state index in [1.54, 1.807) is 0 Å². The van der Waals surface area contributed by atoms with Crippen LogP contribution in [0.3, 0.4) is 0 Å². The molecule has 84 valence electrons. The smallest absolute Gasteiger partial charge is 0.0233 e. The lowest BCUT2D eigenvalue weighted by molar-refractivity contribution is 0.0236. The molecule has 2 nitrogen and oxygen atoms in total. The normalized spacial score (nSPS) is 26.6. The highest BCUT2D eigenvalue weighted by molar-refractivity contribution is 5.48. The molecular formula is C14H18N2. The summed E-state index contributed by atoms with van der Waals surface area (Å²) in [4.78, 5) is 0. The van der Waals surface area contributed by atoms with E-state index in [-0.39, 0.29) is 0 Å². The van der Waals surface area contributed by atoms with Crippen LogP contribution in [-0.2, 0) is 0 Å². The van der Waals surface area contributed by atoms with Crippen LogP contribution in [-0.4, -0.2) is 25.7 Å². The minimum atomic E-state index is 0.584. The van der Waals surface area contributed by atoms with Crippen molar-refractivity contribution < 1.29 is 0 Å². The molecule has 0 amide bonds. The zero-order chi connectivity index (χ0) is 10.8. The molecular weight excluding hydrogens is 196 g/mol. The molecule has 16 heavy (non-hydrogen) atoms. The number of benzene rings is 1. The first-order chi connectivity index (χ1) is 7.89. The number of rotatable bonds is 3. The summed E-state index contributed by atoms with van der Waals surface area (Å²) in [5, 5.41) is 6.91. The van der Waals surface area contributed by atoms with Crippen LogP contribution in [0, 0.1) is 5.41 Å². The zero-order valence-corrected chi connectivity index (χ0v) is 9.45. The third-order valence-corrected chi connectivity index (χ3v) is 3.88. The summed E-state index contributed by atoms with van der Waals surface area (Å²) in [6.07, 6.45) is 5.67. The van der Waals surface area contributed by atoms with E-state index in [0.717, 1.165) is 6.42 Å². The van der Waals surface area contributed by atoms with Gasteiger partial charge in [-0.05, 0) is 12.0 Å². The van der Waals surface area contributed by atoms with Gasteiger partial charge in [0, 0.05) is 31.1 Å². The van der Waals surface area contributed by atoms with Crippen molar-refractivity contribution >= 4 is 6.08 Å². The fraction of sp³-hybridized carbons (Fsp3) is 0.429. The van der Waals surface area contributed by atoms with Crippen molar-refractivity contribution in [2.24, 2.45) is 5.41 Å². The first-order valence-electron chi connectivity index (χ1n) is 6.05. The lowest BCUT2D eigenvalue weighted by Crippen LogP contribution is -2.75. The second-order valence-electron chi connectivity index (χ2n) is 4.95. The Hall–Kier alpha value is -1.12. The molecule has 2 fully saturated rings. The van der Waals surface area contributed by atoms with Gasteiger partial charge in [-0.15, -0.1) is 0 Å². The van der Waals surface area contributed by atoms with Crippen LogP contribution in [0.4, 0.5) is 0 Å². The summed E-state index contributed by atoms with van der Waals surface area (Å²) < 4.78 is 0. The quantitative estimate of drug-likeness (QED) is 0.799. The Balaban J connectivity index is 1.55. The minimum Gasteiger partial charge on any atom is -0.315 e. The van der Waals surface area contributed by atoms with Crippen LogP contribution < -0.4 is 10.6 Å². The molecule has 1 unspecified atom stereocenters. The Labute approximate surface area is 96.7 Å². The Kier molecular flexibility index (Phi) is 2.54. The van der Waals surface area contributed by atoms with Gasteiger partial charge in [0.1, 0.15) is 0 Å². The second kappa shape index (κ2) is 4.04. The van der Waals surface area contributed by atoms with Crippen LogP contribution in [0.1, 0.15) is 12.0 Å². The molecule has 0 aliphatic carbocycles. The van der Waals surface area contributed by atoms with Gasteiger partial charge in [-0.3, -0.25) is 0 Å². The molecule has 0 radical (unpaired) electrons. The van der Waals surface area contributed by atoms with E-state index in [2.05, 4.69) is 53.1 Å². The van der Waals surface area contributed by atoms with Crippen molar-refractivity contribution in [3.05, 3.63) is 42.0 Å². The van der Waals surface area contributed by atoms with Crippen LogP contribution in [0.25, 0.3) is 6.08 Å². The van der Waals surface area contributed by atoms with E-state index in [0.29, 0.717) is 11.5 Å². The monoisotopic (exact) mass is 214 g/mol. The summed E-state index contributed by atoms with van der Waals surface area (Å²) in [7, 11) is 0. The van der Waals surface area contributed by atoms with Gasteiger partial charge in [0.25, 0.3) is 0 Å². The van der Waals surface area contributed by atoms with Gasteiger partial charge in [0.15, 0.2) is 0 Å². The molecule has 1 spiro atoms. The Morgan fingerprint density at radius 1 is 1.19 bits per heavy atom. The van der Waals surface area contributed by atoms with E-state index >= 15 is 0 Å². The molecule has 2 aliphatic heterocycles. The van der Waals surface area contributed by atoms with Crippen molar-refractivity contribution in [1.82, 2.24) is 10.6 Å². The number of nitrogens with one attached hydrogen (secondary N) is 2. The molecule has 0 bridgehead atoms. The summed E-state index contributed by atoms with van der Waals surface area (Å²) in [5.41, 5.74) is 1.88. The van der Waals surface area contributed by atoms with Gasteiger partial charge in [0.2, 0.25) is 0 Å². The highest BCUT2D eigenvalue weighted by Gasteiger charge is 2.49. The Morgan fingerprint density at radius 3 is 2.56 bits per heavy atom. The molecule has 0 saturated carbocycles. The van der Waals surface area contributed by atoms with Crippen LogP contribution in [0.5, 0.6) is 0 Å². The molecule has 1 atom stereocenters. The van der Waals surface area contributed by atoms with Crippen molar-refractivity contribution in [1.29, 1.82) is 0 Å². The predicted molar refractivity (Wildman–Crippen MR) is 67.2 cm³/mol. The Bertz CT molecular complexity index is 373. The molecule has 2 N–H and O–H groups in total. The highest BCUT2D eigenvalue weighted by atomic mass is 15.1. The maximum absolute atomic E-state index is 3.53. The number of hydrogen-bond donors (Lipinski definition) is 2. The summed E-state index contributed by atoms with van der Waals surface area (Å²) >= 11 is 0. The van der Waals surface area contributed by atoms with Gasteiger partial charge >= 0.3 is 0 Å². The third-order valence-electron chi connectivity index (χ3n) is 3.88. The minimum absolute atomic E-state index is 0.584. The second-order valence-corrected chi connectivity index (χ2v) is 4.95. The molecule has 2 heterocycles. The van der Waals surface area contributed by atoms with Crippen molar-refractivity contribution in [2.45, 2.75) is 12.5 Å². The molecule has 2 aliphatic rings. The van der Waals surface area contributed by atoms with Gasteiger partial charge < -0.3 is 10.6 Å². The third kappa shape index (κ3) is 1.68. The fourth-order valence-electron chi connectivity index (χ4n) is 2.59. The number of hydrogen-bond acceptors (Lipinski definition) is 2. The highest BCUT2D eigenvalue weighted by Crippen LogP contribution is 2.35. The molecule has 2 heteroatoms. The van der Waals surface area contributed by atoms with Gasteiger partial charge in [-0.1, -0.05) is 42.5 Å². The topological polar surface area (TPSA) is 24.1 Å². The molecule has 1 aromatic rings. The summed E-state index contributed by atoms with van der Waals surface area (Å²) in [5.74, 6) is 0. The zero-order valence-electron chi connectivity index (χ0n) is 9.45. The van der Waals surface area contributed by atoms with Gasteiger partial charge in [-0.25, -0.2) is 0 Å². The lowest BCUT2D eigenvalue weighted by Gasteiger charge is -2.56. The van der Waals surface area contributed by atoms with Crippen LogP contribution >= 0.6 is 0 Å². The summed E-state index contributed by atoms with van der Waals surface area (Å²) in [6, 6.07) is 11.2. The Morgan fingerprint density at radius 2 is 2.00 bits per heavy atom. The van der Waals surface area contributed by atoms with E-state index in [4.69, 9.17) is 0 Å². The first-order valence-corrected chi connectivity index (χ1v) is 6.05. The maximum atomic E-state index is 3.53. The van der Waals surface area contributed by atoms with Crippen LogP contribution in [0.2, 0.25) is 0 Å². The van der Waals surface area contributed by atoms with Crippen molar-refractivity contribution in [3.63, 3.8) is 0 Å². The molecule has 0 aromatic heterocycles. The van der Waals surface area contributed by atoms with E-state index in [1.165, 1.54) is 25.2 Å². The van der Waals surface area contributed by atoms with Crippen LogP contribution in [0.15, 0.2) is 36.4 Å². The van der Waals surface area contributed by atoms with Gasteiger partial charge in [0.05, 0.1) is 0 Å². The fourth-order valence-corrected chi connectivity index (χ4v) is 2.59. The van der Waals surface area contributed by atoms with Crippen molar-refractivity contribution in [2.75, 3.05) is 19.6 Å². The van der Waals surface area contributed by atoms with Crippen molar-refractivity contribution in [3.8, 4) is 0 Å². The average molecular weight is 214 g/mol. The average Bonchev–Trinajstić information content (AvgIpc) is 2.22. The maximum Gasteiger partial charge on any atom is 0.0233 e.